The molecule has 6 nitrogen and oxygen atoms in total. The van der Waals surface area contributed by atoms with E-state index in [1.165, 1.54) is 17.7 Å². The lowest BCUT2D eigenvalue weighted by atomic mass is 10.1. The van der Waals surface area contributed by atoms with Crippen molar-refractivity contribution in [1.29, 1.82) is 0 Å². The quantitative estimate of drug-likeness (QED) is 0.736. The molecule has 0 aliphatic carbocycles. The highest BCUT2D eigenvalue weighted by Crippen LogP contribution is 2.18. The Morgan fingerprint density at radius 3 is 2.11 bits per heavy atom. The van der Waals surface area contributed by atoms with Crippen molar-refractivity contribution in [2.75, 3.05) is 5.32 Å². The van der Waals surface area contributed by atoms with E-state index in [9.17, 15) is 13.2 Å². The number of benzene rings is 2. The highest BCUT2D eigenvalue weighted by atomic mass is 32.2. The summed E-state index contributed by atoms with van der Waals surface area (Å²) in [7, 11) is -3.61. The van der Waals surface area contributed by atoms with Crippen LogP contribution in [0.4, 0.5) is 5.69 Å². The van der Waals surface area contributed by atoms with Crippen molar-refractivity contribution in [3.63, 3.8) is 0 Å². The standard InChI is InChI=1S/C21H28N2O4S/c1-6-16-7-11-18(12-8-16)27-15(2)20(24)22-17-9-13-19(14-10-17)28(25,26)23-21(3,4)5/h7-15,23H,6H2,1-5H3,(H,22,24)/t15-/m1/s1. The van der Waals surface area contributed by atoms with E-state index in [-0.39, 0.29) is 10.8 Å². The number of nitrogens with one attached hydrogen (secondary N) is 2. The summed E-state index contributed by atoms with van der Waals surface area (Å²) in [6, 6.07) is 13.6. The average molecular weight is 405 g/mol. The Kier molecular flexibility index (Phi) is 6.85. The van der Waals surface area contributed by atoms with Gasteiger partial charge in [0.05, 0.1) is 4.90 Å². The largest absolute Gasteiger partial charge is 0.481 e. The van der Waals surface area contributed by atoms with Crippen LogP contribution in [0.3, 0.4) is 0 Å². The lowest BCUT2D eigenvalue weighted by Gasteiger charge is -2.20. The molecule has 0 spiro atoms. The number of sulfonamides is 1. The molecule has 0 bridgehead atoms. The summed E-state index contributed by atoms with van der Waals surface area (Å²) >= 11 is 0. The summed E-state index contributed by atoms with van der Waals surface area (Å²) in [4.78, 5) is 12.5. The molecule has 28 heavy (non-hydrogen) atoms. The van der Waals surface area contributed by atoms with Crippen LogP contribution in [0.2, 0.25) is 0 Å². The summed E-state index contributed by atoms with van der Waals surface area (Å²) in [5, 5.41) is 2.73. The van der Waals surface area contributed by atoms with Crippen LogP contribution in [0.25, 0.3) is 0 Å². The monoisotopic (exact) mass is 404 g/mol. The van der Waals surface area contributed by atoms with Gasteiger partial charge in [-0.05, 0) is 76.1 Å². The summed E-state index contributed by atoms with van der Waals surface area (Å²) < 4.78 is 32.9. The van der Waals surface area contributed by atoms with E-state index in [4.69, 9.17) is 4.74 Å². The van der Waals surface area contributed by atoms with Crippen molar-refractivity contribution >= 4 is 21.6 Å². The van der Waals surface area contributed by atoms with Gasteiger partial charge in [-0.1, -0.05) is 19.1 Å². The number of amides is 1. The van der Waals surface area contributed by atoms with Crippen LogP contribution >= 0.6 is 0 Å². The van der Waals surface area contributed by atoms with Crippen LogP contribution in [-0.4, -0.2) is 26.0 Å². The summed E-state index contributed by atoms with van der Waals surface area (Å²) in [6.45, 7) is 9.06. The number of carbonyl (C=O) groups is 1. The highest BCUT2D eigenvalue weighted by Gasteiger charge is 2.22. The Morgan fingerprint density at radius 2 is 1.61 bits per heavy atom. The Labute approximate surface area is 167 Å². The lowest BCUT2D eigenvalue weighted by molar-refractivity contribution is -0.122. The van der Waals surface area contributed by atoms with Gasteiger partial charge in [0.1, 0.15) is 5.75 Å². The van der Waals surface area contributed by atoms with Gasteiger partial charge in [-0.3, -0.25) is 4.79 Å². The van der Waals surface area contributed by atoms with Crippen molar-refractivity contribution in [3.8, 4) is 5.75 Å². The van der Waals surface area contributed by atoms with Crippen LogP contribution in [0, 0.1) is 0 Å². The maximum Gasteiger partial charge on any atom is 0.265 e. The molecule has 0 heterocycles. The fourth-order valence-electron chi connectivity index (χ4n) is 2.48. The molecule has 2 aromatic carbocycles. The van der Waals surface area contributed by atoms with Crippen molar-refractivity contribution in [2.24, 2.45) is 0 Å². The second-order valence-electron chi connectivity index (χ2n) is 7.63. The first-order valence-corrected chi connectivity index (χ1v) is 10.7. The molecule has 0 aliphatic rings. The normalized spacial score (nSPS) is 13.0. The average Bonchev–Trinajstić information content (AvgIpc) is 2.60. The van der Waals surface area contributed by atoms with Gasteiger partial charge in [-0.2, -0.15) is 0 Å². The van der Waals surface area contributed by atoms with Crippen LogP contribution < -0.4 is 14.8 Å². The van der Waals surface area contributed by atoms with Crippen LogP contribution in [0.1, 0.15) is 40.2 Å². The van der Waals surface area contributed by atoms with Gasteiger partial charge in [0.15, 0.2) is 6.10 Å². The Hall–Kier alpha value is -2.38. The summed E-state index contributed by atoms with van der Waals surface area (Å²) in [6.07, 6.45) is 0.242. The van der Waals surface area contributed by atoms with Crippen molar-refractivity contribution in [2.45, 2.75) is 57.6 Å². The molecular formula is C21H28N2O4S. The fourth-order valence-corrected chi connectivity index (χ4v) is 3.90. The van der Waals surface area contributed by atoms with Gasteiger partial charge < -0.3 is 10.1 Å². The first-order chi connectivity index (χ1) is 13.0. The van der Waals surface area contributed by atoms with Crippen molar-refractivity contribution < 1.29 is 17.9 Å². The minimum atomic E-state index is -3.61. The van der Waals surface area contributed by atoms with Gasteiger partial charge in [0.2, 0.25) is 10.0 Å². The van der Waals surface area contributed by atoms with Gasteiger partial charge in [0, 0.05) is 11.2 Å². The van der Waals surface area contributed by atoms with Gasteiger partial charge >= 0.3 is 0 Å². The second kappa shape index (κ2) is 8.75. The second-order valence-corrected chi connectivity index (χ2v) is 9.31. The van der Waals surface area contributed by atoms with Crippen molar-refractivity contribution in [1.82, 2.24) is 4.72 Å². The van der Waals surface area contributed by atoms with E-state index in [1.54, 1.807) is 39.8 Å². The molecule has 2 rings (SSSR count). The molecule has 1 amide bonds. The van der Waals surface area contributed by atoms with E-state index in [2.05, 4.69) is 17.0 Å². The third-order valence-corrected chi connectivity index (χ3v) is 5.66. The van der Waals surface area contributed by atoms with E-state index in [0.29, 0.717) is 11.4 Å². The molecule has 2 N–H and O–H groups in total. The molecule has 0 radical (unpaired) electrons. The van der Waals surface area contributed by atoms with Gasteiger partial charge in [-0.25, -0.2) is 13.1 Å². The number of anilines is 1. The molecule has 7 heteroatoms. The third kappa shape index (κ3) is 6.35. The topological polar surface area (TPSA) is 84.5 Å². The highest BCUT2D eigenvalue weighted by molar-refractivity contribution is 7.89. The van der Waals surface area contributed by atoms with Gasteiger partial charge in [0.25, 0.3) is 5.91 Å². The number of hydrogen-bond donors (Lipinski definition) is 2. The van der Waals surface area contributed by atoms with E-state index in [0.717, 1.165) is 6.42 Å². The minimum absolute atomic E-state index is 0.140. The molecule has 0 saturated heterocycles. The summed E-state index contributed by atoms with van der Waals surface area (Å²) in [5.41, 5.74) is 1.12. The minimum Gasteiger partial charge on any atom is -0.481 e. The predicted molar refractivity (Wildman–Crippen MR) is 111 cm³/mol. The molecular weight excluding hydrogens is 376 g/mol. The molecule has 1 atom stereocenters. The fraction of sp³-hybridized carbons (Fsp3) is 0.381. The Morgan fingerprint density at radius 1 is 1.04 bits per heavy atom. The van der Waals surface area contributed by atoms with E-state index >= 15 is 0 Å². The lowest BCUT2D eigenvalue weighted by Crippen LogP contribution is -2.40. The SMILES string of the molecule is CCc1ccc(O[C@H](C)C(=O)Nc2ccc(S(=O)(=O)NC(C)(C)C)cc2)cc1. The van der Waals surface area contributed by atoms with Crippen LogP contribution in [0.5, 0.6) is 5.75 Å². The molecule has 0 aliphatic heterocycles. The summed E-state index contributed by atoms with van der Waals surface area (Å²) in [5.74, 6) is 0.303. The molecule has 2 aromatic rings. The molecule has 0 saturated carbocycles. The molecule has 0 aromatic heterocycles. The number of carbonyl (C=O) groups excluding carboxylic acids is 1. The zero-order chi connectivity index (χ0) is 20.9. The predicted octanol–water partition coefficient (Wildman–Crippen LogP) is 3.73. The number of ether oxygens (including phenoxy) is 1. The molecule has 0 fully saturated rings. The Balaban J connectivity index is 1.99. The van der Waals surface area contributed by atoms with Crippen LogP contribution in [0.15, 0.2) is 53.4 Å². The zero-order valence-corrected chi connectivity index (χ0v) is 17.8. The van der Waals surface area contributed by atoms with E-state index in [1.807, 2.05) is 24.3 Å². The smallest absolute Gasteiger partial charge is 0.265 e. The number of hydrogen-bond acceptors (Lipinski definition) is 4. The third-order valence-electron chi connectivity index (χ3n) is 3.89. The first-order valence-electron chi connectivity index (χ1n) is 9.20. The number of rotatable bonds is 7. The van der Waals surface area contributed by atoms with Gasteiger partial charge in [-0.15, -0.1) is 0 Å². The maximum absolute atomic E-state index is 12.3. The number of aryl methyl sites for hydroxylation is 1. The van der Waals surface area contributed by atoms with E-state index < -0.39 is 21.7 Å². The maximum atomic E-state index is 12.3. The van der Waals surface area contributed by atoms with Crippen LogP contribution in [-0.2, 0) is 21.2 Å². The zero-order valence-electron chi connectivity index (χ0n) is 16.9. The first kappa shape index (κ1) is 21.9. The molecule has 0 unspecified atom stereocenters. The molecule has 152 valence electrons. The Bertz CT molecular complexity index is 899. The van der Waals surface area contributed by atoms with Crippen molar-refractivity contribution in [3.05, 3.63) is 54.1 Å².